The third kappa shape index (κ3) is 2.58. The number of ether oxygens (including phenoxy) is 1. The molecule has 0 amide bonds. The van der Waals surface area contributed by atoms with Gasteiger partial charge in [-0.3, -0.25) is 5.10 Å². The fourth-order valence-corrected chi connectivity index (χ4v) is 4.07. The third-order valence-electron chi connectivity index (χ3n) is 5.55. The second kappa shape index (κ2) is 6.45. The lowest BCUT2D eigenvalue weighted by molar-refractivity contribution is 0.0986. The maximum atomic E-state index is 6.00. The van der Waals surface area contributed by atoms with E-state index in [9.17, 15) is 0 Å². The topological polar surface area (TPSA) is 93.0 Å². The molecule has 1 atom stereocenters. The number of aromatic nitrogens is 4. The van der Waals surface area contributed by atoms with Crippen molar-refractivity contribution in [2.75, 3.05) is 30.4 Å². The zero-order chi connectivity index (χ0) is 19.3. The number of hydrogen-bond acceptors (Lipinski definition) is 6. The first-order valence-electron chi connectivity index (χ1n) is 9.47. The molecule has 142 valence electrons. The van der Waals surface area contributed by atoms with Gasteiger partial charge in [-0.1, -0.05) is 12.1 Å². The summed E-state index contributed by atoms with van der Waals surface area (Å²) >= 11 is 0. The van der Waals surface area contributed by atoms with E-state index in [0.29, 0.717) is 19.0 Å². The highest BCUT2D eigenvalue weighted by Crippen LogP contribution is 2.35. The van der Waals surface area contributed by atoms with Gasteiger partial charge in [-0.15, -0.1) is 5.10 Å². The summed E-state index contributed by atoms with van der Waals surface area (Å²) in [4.78, 5) is 2.28. The number of hydrogen-bond donors (Lipinski definition) is 2. The fourth-order valence-electron chi connectivity index (χ4n) is 4.07. The molecular formula is C21H22N6O. The lowest BCUT2D eigenvalue weighted by Crippen LogP contribution is -2.44. The second-order valence-corrected chi connectivity index (χ2v) is 7.38. The largest absolute Gasteiger partial charge is 0.382 e. The van der Waals surface area contributed by atoms with Crippen molar-refractivity contribution in [3.05, 3.63) is 42.1 Å². The van der Waals surface area contributed by atoms with E-state index in [2.05, 4.69) is 63.4 Å². The van der Waals surface area contributed by atoms with E-state index in [1.54, 1.807) is 0 Å². The van der Waals surface area contributed by atoms with Crippen LogP contribution >= 0.6 is 0 Å². The summed E-state index contributed by atoms with van der Waals surface area (Å²) in [6, 6.07) is 10.8. The number of nitrogens with two attached hydrogens (primary N) is 1. The number of aromatic amines is 1. The van der Waals surface area contributed by atoms with E-state index in [1.807, 2.05) is 12.3 Å². The molecule has 0 spiro atoms. The number of fused-ring (bicyclic) bond motifs is 2. The molecular weight excluding hydrogens is 352 g/mol. The number of benzene rings is 2. The molecule has 7 heteroatoms. The Kier molecular flexibility index (Phi) is 3.91. The zero-order valence-electron chi connectivity index (χ0n) is 15.9. The normalized spacial score (nSPS) is 17.5. The molecule has 1 aliphatic rings. The van der Waals surface area contributed by atoms with Gasteiger partial charge in [-0.2, -0.15) is 10.2 Å². The Morgan fingerprint density at radius 1 is 1.21 bits per heavy atom. The number of morpholine rings is 1. The molecule has 2 aromatic carbocycles. The van der Waals surface area contributed by atoms with Crippen molar-refractivity contribution in [3.63, 3.8) is 0 Å². The average molecular weight is 374 g/mol. The SMILES string of the molecule is Cc1ccc2c(N)n[nH]c2c1-c1ccc2c(N3CCOC[C@@H]3C)nncc2c1. The molecule has 1 saturated heterocycles. The zero-order valence-corrected chi connectivity index (χ0v) is 15.9. The van der Waals surface area contributed by atoms with Crippen molar-refractivity contribution in [1.29, 1.82) is 0 Å². The maximum Gasteiger partial charge on any atom is 0.159 e. The van der Waals surface area contributed by atoms with Gasteiger partial charge in [-0.05, 0) is 43.2 Å². The standard InChI is InChI=1S/C21H22N6O/c1-12-3-5-17-19(24-25-20(17)22)18(12)14-4-6-16-15(9-14)10-23-26-21(16)27-7-8-28-11-13(27)2/h3-6,9-10,13H,7-8,11H2,1-2H3,(H3,22,24,25)/t13-/m0/s1. The van der Waals surface area contributed by atoms with Crippen LogP contribution in [0, 0.1) is 6.92 Å². The van der Waals surface area contributed by atoms with E-state index in [1.165, 1.54) is 5.56 Å². The Labute approximate surface area is 162 Å². The third-order valence-corrected chi connectivity index (χ3v) is 5.55. The molecule has 7 nitrogen and oxygen atoms in total. The molecule has 5 rings (SSSR count). The minimum Gasteiger partial charge on any atom is -0.382 e. The Hall–Kier alpha value is -3.19. The van der Waals surface area contributed by atoms with Gasteiger partial charge >= 0.3 is 0 Å². The molecule has 0 saturated carbocycles. The summed E-state index contributed by atoms with van der Waals surface area (Å²) in [6.07, 6.45) is 1.82. The molecule has 2 aromatic heterocycles. The van der Waals surface area contributed by atoms with Crippen LogP contribution in [-0.4, -0.2) is 46.2 Å². The van der Waals surface area contributed by atoms with Crippen molar-refractivity contribution < 1.29 is 4.74 Å². The van der Waals surface area contributed by atoms with Crippen LogP contribution in [0.25, 0.3) is 32.8 Å². The first-order chi connectivity index (χ1) is 13.6. The number of nitrogens with one attached hydrogen (secondary N) is 1. The quantitative estimate of drug-likeness (QED) is 0.559. The second-order valence-electron chi connectivity index (χ2n) is 7.38. The van der Waals surface area contributed by atoms with Crippen molar-refractivity contribution in [2.24, 2.45) is 0 Å². The van der Waals surface area contributed by atoms with E-state index in [-0.39, 0.29) is 6.04 Å². The van der Waals surface area contributed by atoms with Gasteiger partial charge in [0.2, 0.25) is 0 Å². The van der Waals surface area contributed by atoms with Crippen LogP contribution in [0.15, 0.2) is 36.5 Å². The van der Waals surface area contributed by atoms with E-state index >= 15 is 0 Å². The maximum absolute atomic E-state index is 6.00. The minimum atomic E-state index is 0.275. The average Bonchev–Trinajstić information content (AvgIpc) is 3.08. The van der Waals surface area contributed by atoms with E-state index in [4.69, 9.17) is 10.5 Å². The first-order valence-corrected chi connectivity index (χ1v) is 9.47. The number of rotatable bonds is 2. The van der Waals surface area contributed by atoms with Crippen molar-refractivity contribution in [1.82, 2.24) is 20.4 Å². The van der Waals surface area contributed by atoms with Gasteiger partial charge in [0.1, 0.15) is 0 Å². The molecule has 0 radical (unpaired) electrons. The summed E-state index contributed by atoms with van der Waals surface area (Å²) in [5.74, 6) is 1.44. The molecule has 1 fully saturated rings. The van der Waals surface area contributed by atoms with Crippen LogP contribution < -0.4 is 10.6 Å². The van der Waals surface area contributed by atoms with E-state index < -0.39 is 0 Å². The van der Waals surface area contributed by atoms with Gasteiger partial charge in [-0.25, -0.2) is 0 Å². The molecule has 0 bridgehead atoms. The predicted molar refractivity (Wildman–Crippen MR) is 111 cm³/mol. The van der Waals surface area contributed by atoms with Crippen LogP contribution in [0.2, 0.25) is 0 Å². The fraction of sp³-hybridized carbons (Fsp3) is 0.286. The highest BCUT2D eigenvalue weighted by atomic mass is 16.5. The Bertz CT molecular complexity index is 1180. The minimum absolute atomic E-state index is 0.275. The molecule has 0 aliphatic carbocycles. The van der Waals surface area contributed by atoms with Gasteiger partial charge in [0.25, 0.3) is 0 Å². The van der Waals surface area contributed by atoms with Crippen LogP contribution in [0.1, 0.15) is 12.5 Å². The lowest BCUT2D eigenvalue weighted by Gasteiger charge is -2.34. The number of aryl methyl sites for hydroxylation is 1. The summed E-state index contributed by atoms with van der Waals surface area (Å²) in [7, 11) is 0. The summed E-state index contributed by atoms with van der Waals surface area (Å²) in [5.41, 5.74) is 10.3. The number of nitrogen functional groups attached to an aromatic ring is 1. The van der Waals surface area contributed by atoms with Crippen molar-refractivity contribution in [3.8, 4) is 11.1 Å². The Morgan fingerprint density at radius 3 is 2.93 bits per heavy atom. The highest BCUT2D eigenvalue weighted by molar-refractivity contribution is 6.03. The smallest absolute Gasteiger partial charge is 0.159 e. The van der Waals surface area contributed by atoms with Gasteiger partial charge in [0.15, 0.2) is 11.6 Å². The van der Waals surface area contributed by atoms with Crippen LogP contribution in [0.3, 0.4) is 0 Å². The number of H-pyrrole nitrogens is 1. The van der Waals surface area contributed by atoms with E-state index in [0.717, 1.165) is 45.2 Å². The highest BCUT2D eigenvalue weighted by Gasteiger charge is 2.22. The van der Waals surface area contributed by atoms with Gasteiger partial charge < -0.3 is 15.4 Å². The summed E-state index contributed by atoms with van der Waals surface area (Å²) < 4.78 is 5.57. The molecule has 0 unspecified atom stereocenters. The first kappa shape index (κ1) is 16.9. The number of nitrogens with zero attached hydrogens (tertiary/aromatic N) is 4. The summed E-state index contributed by atoms with van der Waals surface area (Å²) in [6.45, 7) is 6.49. The van der Waals surface area contributed by atoms with Crippen LogP contribution in [-0.2, 0) is 4.74 Å². The van der Waals surface area contributed by atoms with Crippen LogP contribution in [0.5, 0.6) is 0 Å². The summed E-state index contributed by atoms with van der Waals surface area (Å²) in [5, 5.41) is 19.1. The molecule has 1 aliphatic heterocycles. The number of anilines is 2. The Morgan fingerprint density at radius 2 is 2.07 bits per heavy atom. The van der Waals surface area contributed by atoms with Crippen molar-refractivity contribution in [2.45, 2.75) is 19.9 Å². The molecule has 3 N–H and O–H groups in total. The van der Waals surface area contributed by atoms with Gasteiger partial charge in [0.05, 0.1) is 31.0 Å². The monoisotopic (exact) mass is 374 g/mol. The van der Waals surface area contributed by atoms with Crippen molar-refractivity contribution >= 4 is 33.3 Å². The Balaban J connectivity index is 1.67. The molecule has 3 heterocycles. The predicted octanol–water partition coefficient (Wildman–Crippen LogP) is 3.29. The van der Waals surface area contributed by atoms with Crippen LogP contribution in [0.4, 0.5) is 11.6 Å². The lowest BCUT2D eigenvalue weighted by atomic mass is 9.96. The molecule has 4 aromatic rings. The van der Waals surface area contributed by atoms with Gasteiger partial charge in [0, 0.05) is 28.3 Å². The molecule has 28 heavy (non-hydrogen) atoms.